The zero-order valence-corrected chi connectivity index (χ0v) is 14.8. The molecule has 0 aliphatic heterocycles. The molecule has 0 bridgehead atoms. The van der Waals surface area contributed by atoms with Crippen molar-refractivity contribution in [2.75, 3.05) is 11.9 Å². The van der Waals surface area contributed by atoms with E-state index in [0.29, 0.717) is 11.6 Å². The number of para-hydroxylation sites is 1. The molecular formula is C15H14IN3O2S. The lowest BCUT2D eigenvalue weighted by molar-refractivity contribution is -0.121. The maximum absolute atomic E-state index is 11.8. The fourth-order valence-electron chi connectivity index (χ4n) is 1.59. The zero-order valence-electron chi connectivity index (χ0n) is 11.8. The smallest absolute Gasteiger partial charge is 0.264 e. The summed E-state index contributed by atoms with van der Waals surface area (Å²) in [4.78, 5) is 16.1. The molecule has 2 N–H and O–H groups in total. The first-order valence-corrected chi connectivity index (χ1v) is 7.95. The Balaban J connectivity index is 1.81. The number of ether oxygens (including phenoxy) is 1. The lowest BCUT2D eigenvalue weighted by Crippen LogP contribution is -2.37. The van der Waals surface area contributed by atoms with Gasteiger partial charge in [0.2, 0.25) is 0 Å². The maximum atomic E-state index is 11.8. The number of hydrogen-bond donors (Lipinski definition) is 2. The average molecular weight is 427 g/mol. The van der Waals surface area contributed by atoms with Gasteiger partial charge in [0.05, 0.1) is 5.69 Å². The van der Waals surface area contributed by atoms with Crippen LogP contribution < -0.4 is 15.4 Å². The van der Waals surface area contributed by atoms with Gasteiger partial charge in [-0.3, -0.25) is 10.1 Å². The summed E-state index contributed by atoms with van der Waals surface area (Å²) in [6.07, 6.45) is 0. The fraction of sp³-hybridized carbons (Fsp3) is 0.133. The molecule has 2 rings (SSSR count). The van der Waals surface area contributed by atoms with Gasteiger partial charge < -0.3 is 10.1 Å². The molecule has 1 aromatic carbocycles. The third-order valence-corrected chi connectivity index (χ3v) is 3.97. The quantitative estimate of drug-likeness (QED) is 0.581. The van der Waals surface area contributed by atoms with E-state index in [0.717, 1.165) is 9.26 Å². The van der Waals surface area contributed by atoms with Gasteiger partial charge in [0, 0.05) is 3.57 Å². The number of rotatable bonds is 4. The van der Waals surface area contributed by atoms with E-state index in [-0.39, 0.29) is 17.6 Å². The van der Waals surface area contributed by atoms with Crippen LogP contribution in [0.3, 0.4) is 0 Å². The Morgan fingerprint density at radius 3 is 2.68 bits per heavy atom. The highest BCUT2D eigenvalue weighted by Crippen LogP contribution is 2.12. The number of carbonyl (C=O) groups is 1. The first kappa shape index (κ1) is 16.6. The minimum absolute atomic E-state index is 0.106. The topological polar surface area (TPSA) is 63.2 Å². The Hall–Kier alpha value is -1.74. The Kier molecular flexibility index (Phi) is 6.08. The van der Waals surface area contributed by atoms with E-state index in [1.54, 1.807) is 18.2 Å². The van der Waals surface area contributed by atoms with Crippen LogP contribution >= 0.6 is 34.8 Å². The summed E-state index contributed by atoms with van der Waals surface area (Å²) < 4.78 is 6.40. The Bertz CT molecular complexity index is 680. The number of aryl methyl sites for hydroxylation is 1. The standard InChI is InChI=1S/C15H14IN3O2S/c1-10-12(16)7-8-13(17-10)18-15(22)19-14(20)9-21-11-5-3-2-4-6-11/h2-8H,9H2,1H3,(H2,17,18,19,20,22). The molecule has 114 valence electrons. The van der Waals surface area contributed by atoms with E-state index in [4.69, 9.17) is 17.0 Å². The van der Waals surface area contributed by atoms with Gasteiger partial charge in [0.1, 0.15) is 11.6 Å². The molecule has 0 aliphatic rings. The number of thiocarbonyl (C=S) groups is 1. The van der Waals surface area contributed by atoms with Crippen LogP contribution in [0.4, 0.5) is 5.82 Å². The number of hydrogen-bond acceptors (Lipinski definition) is 4. The molecule has 0 saturated heterocycles. The summed E-state index contributed by atoms with van der Waals surface area (Å²) in [7, 11) is 0. The maximum Gasteiger partial charge on any atom is 0.264 e. The van der Waals surface area contributed by atoms with Crippen LogP contribution in [0.5, 0.6) is 5.75 Å². The van der Waals surface area contributed by atoms with Gasteiger partial charge in [-0.1, -0.05) is 18.2 Å². The number of aromatic nitrogens is 1. The second kappa shape index (κ2) is 8.04. The second-order valence-electron chi connectivity index (χ2n) is 4.37. The fourth-order valence-corrected chi connectivity index (χ4v) is 2.11. The summed E-state index contributed by atoms with van der Waals surface area (Å²) in [5.41, 5.74) is 0.895. The van der Waals surface area contributed by atoms with Gasteiger partial charge in [-0.25, -0.2) is 4.98 Å². The van der Waals surface area contributed by atoms with E-state index in [1.165, 1.54) is 0 Å². The molecule has 0 radical (unpaired) electrons. The van der Waals surface area contributed by atoms with Crippen molar-refractivity contribution in [3.05, 3.63) is 51.7 Å². The molecule has 5 nitrogen and oxygen atoms in total. The number of amides is 1. The van der Waals surface area contributed by atoms with Crippen molar-refractivity contribution < 1.29 is 9.53 Å². The van der Waals surface area contributed by atoms with Crippen LogP contribution in [-0.4, -0.2) is 22.6 Å². The number of nitrogens with one attached hydrogen (secondary N) is 2. The summed E-state index contributed by atoms with van der Waals surface area (Å²) in [6, 6.07) is 12.8. The SMILES string of the molecule is Cc1nc(NC(=S)NC(=O)COc2ccccc2)ccc1I. The minimum atomic E-state index is -0.330. The lowest BCUT2D eigenvalue weighted by atomic mass is 10.3. The highest BCUT2D eigenvalue weighted by molar-refractivity contribution is 14.1. The van der Waals surface area contributed by atoms with Crippen molar-refractivity contribution in [2.24, 2.45) is 0 Å². The zero-order chi connectivity index (χ0) is 15.9. The largest absolute Gasteiger partial charge is 0.484 e. The van der Waals surface area contributed by atoms with Gasteiger partial charge in [0.15, 0.2) is 11.7 Å². The molecule has 0 spiro atoms. The third-order valence-electron chi connectivity index (χ3n) is 2.63. The normalized spacial score (nSPS) is 9.91. The summed E-state index contributed by atoms with van der Waals surface area (Å²) in [5.74, 6) is 0.891. The van der Waals surface area contributed by atoms with E-state index in [9.17, 15) is 4.79 Å². The molecule has 1 aromatic heterocycles. The van der Waals surface area contributed by atoms with Crippen molar-refractivity contribution in [3.8, 4) is 5.75 Å². The van der Waals surface area contributed by atoms with Crippen LogP contribution in [0.15, 0.2) is 42.5 Å². The number of anilines is 1. The van der Waals surface area contributed by atoms with Crippen LogP contribution in [-0.2, 0) is 4.79 Å². The van der Waals surface area contributed by atoms with Crippen LogP contribution in [0.25, 0.3) is 0 Å². The highest BCUT2D eigenvalue weighted by Gasteiger charge is 2.07. The highest BCUT2D eigenvalue weighted by atomic mass is 127. The monoisotopic (exact) mass is 427 g/mol. The van der Waals surface area contributed by atoms with Gasteiger partial charge in [-0.05, 0) is 66.0 Å². The molecule has 0 saturated carbocycles. The first-order chi connectivity index (χ1) is 10.5. The molecule has 1 heterocycles. The summed E-state index contributed by atoms with van der Waals surface area (Å²) in [5, 5.41) is 5.61. The average Bonchev–Trinajstić information content (AvgIpc) is 2.50. The summed E-state index contributed by atoms with van der Waals surface area (Å²) in [6.45, 7) is 1.80. The number of pyridine rings is 1. The first-order valence-electron chi connectivity index (χ1n) is 6.46. The van der Waals surface area contributed by atoms with Gasteiger partial charge in [-0.15, -0.1) is 0 Å². The predicted molar refractivity (Wildman–Crippen MR) is 98.0 cm³/mol. The van der Waals surface area contributed by atoms with Crippen molar-refractivity contribution in [2.45, 2.75) is 6.92 Å². The van der Waals surface area contributed by atoms with Crippen molar-refractivity contribution >= 4 is 51.6 Å². The number of carbonyl (C=O) groups excluding carboxylic acids is 1. The third kappa shape index (κ3) is 5.23. The van der Waals surface area contributed by atoms with Crippen LogP contribution in [0.1, 0.15) is 5.69 Å². The van der Waals surface area contributed by atoms with Gasteiger partial charge in [-0.2, -0.15) is 0 Å². The van der Waals surface area contributed by atoms with Gasteiger partial charge >= 0.3 is 0 Å². The minimum Gasteiger partial charge on any atom is -0.484 e. The second-order valence-corrected chi connectivity index (χ2v) is 5.94. The lowest BCUT2D eigenvalue weighted by Gasteiger charge is -2.10. The number of benzene rings is 1. The van der Waals surface area contributed by atoms with Crippen LogP contribution in [0.2, 0.25) is 0 Å². The molecule has 0 fully saturated rings. The van der Waals surface area contributed by atoms with E-state index >= 15 is 0 Å². The summed E-state index contributed by atoms with van der Waals surface area (Å²) >= 11 is 7.28. The number of nitrogens with zero attached hydrogens (tertiary/aromatic N) is 1. The van der Waals surface area contributed by atoms with Crippen molar-refractivity contribution in [1.82, 2.24) is 10.3 Å². The number of halogens is 1. The molecule has 2 aromatic rings. The predicted octanol–water partition coefficient (Wildman–Crippen LogP) is 2.89. The van der Waals surface area contributed by atoms with E-state index in [1.807, 2.05) is 31.2 Å². The molecule has 0 unspecified atom stereocenters. The van der Waals surface area contributed by atoms with E-state index < -0.39 is 0 Å². The molecule has 7 heteroatoms. The van der Waals surface area contributed by atoms with Crippen molar-refractivity contribution in [3.63, 3.8) is 0 Å². The Morgan fingerprint density at radius 2 is 2.00 bits per heavy atom. The molecule has 1 amide bonds. The molecule has 22 heavy (non-hydrogen) atoms. The van der Waals surface area contributed by atoms with Gasteiger partial charge in [0.25, 0.3) is 5.91 Å². The molecule has 0 atom stereocenters. The molecular weight excluding hydrogens is 413 g/mol. The Morgan fingerprint density at radius 1 is 1.27 bits per heavy atom. The van der Waals surface area contributed by atoms with Crippen LogP contribution in [0, 0.1) is 10.5 Å². The Labute approximate surface area is 147 Å². The van der Waals surface area contributed by atoms with E-state index in [2.05, 4.69) is 38.2 Å². The van der Waals surface area contributed by atoms with Crippen molar-refractivity contribution in [1.29, 1.82) is 0 Å². The molecule has 0 aliphatic carbocycles.